The van der Waals surface area contributed by atoms with Crippen LogP contribution in [-0.2, 0) is 14.8 Å². The predicted molar refractivity (Wildman–Crippen MR) is 94.9 cm³/mol. The molecule has 1 heterocycles. The van der Waals surface area contributed by atoms with Crippen LogP contribution in [0.25, 0.3) is 10.8 Å². The standard InChI is InChI=1S/C17H19N3O4S/c1-3-11(2)18-17(22)19-15(21)10-20-13-8-4-6-12-7-5-9-14(16(12)13)25(20,23)24/h4-9,11H,3,10H2,1-2H3,(H2,18,19,21,22)/t11-/m0/s1. The summed E-state index contributed by atoms with van der Waals surface area (Å²) < 4.78 is 26.5. The Bertz CT molecular complexity index is 950. The van der Waals surface area contributed by atoms with E-state index < -0.39 is 28.5 Å². The van der Waals surface area contributed by atoms with Gasteiger partial charge in [-0.15, -0.1) is 0 Å². The van der Waals surface area contributed by atoms with Gasteiger partial charge in [0.25, 0.3) is 10.0 Å². The number of urea groups is 1. The van der Waals surface area contributed by atoms with Crippen LogP contribution in [0, 0.1) is 0 Å². The van der Waals surface area contributed by atoms with Crippen molar-refractivity contribution < 1.29 is 18.0 Å². The normalized spacial score (nSPS) is 15.8. The van der Waals surface area contributed by atoms with Crippen LogP contribution in [0.3, 0.4) is 0 Å². The maximum absolute atomic E-state index is 12.8. The minimum absolute atomic E-state index is 0.0821. The third-order valence-electron chi connectivity index (χ3n) is 4.21. The van der Waals surface area contributed by atoms with Crippen LogP contribution in [0.2, 0.25) is 0 Å². The highest BCUT2D eigenvalue weighted by Gasteiger charge is 2.36. The van der Waals surface area contributed by atoms with Gasteiger partial charge in [0.2, 0.25) is 5.91 Å². The summed E-state index contributed by atoms with van der Waals surface area (Å²) in [6.45, 7) is 3.26. The first-order valence-corrected chi connectivity index (χ1v) is 9.43. The largest absolute Gasteiger partial charge is 0.335 e. The second-order valence-electron chi connectivity index (χ2n) is 5.97. The Kier molecular flexibility index (Phi) is 4.38. The molecule has 8 heteroatoms. The van der Waals surface area contributed by atoms with E-state index in [1.54, 1.807) is 18.2 Å². The van der Waals surface area contributed by atoms with Crippen LogP contribution in [0.4, 0.5) is 10.5 Å². The van der Waals surface area contributed by atoms with Gasteiger partial charge in [0.1, 0.15) is 6.54 Å². The van der Waals surface area contributed by atoms with E-state index in [4.69, 9.17) is 0 Å². The van der Waals surface area contributed by atoms with Crippen molar-refractivity contribution in [3.8, 4) is 0 Å². The van der Waals surface area contributed by atoms with Gasteiger partial charge in [-0.25, -0.2) is 13.2 Å². The lowest BCUT2D eigenvalue weighted by Gasteiger charge is -2.18. The summed E-state index contributed by atoms with van der Waals surface area (Å²) in [5.74, 6) is -0.686. The number of nitrogens with zero attached hydrogens (tertiary/aromatic N) is 1. The Balaban J connectivity index is 1.84. The fraction of sp³-hybridized carbons (Fsp3) is 0.294. The van der Waals surface area contributed by atoms with Crippen molar-refractivity contribution in [3.63, 3.8) is 0 Å². The summed E-state index contributed by atoms with van der Waals surface area (Å²) in [6, 6.07) is 9.51. The topological polar surface area (TPSA) is 95.6 Å². The Morgan fingerprint density at radius 2 is 1.84 bits per heavy atom. The SMILES string of the molecule is CC[C@H](C)NC(=O)NC(=O)CN1c2cccc3cccc(c23)S1(=O)=O. The maximum Gasteiger partial charge on any atom is 0.321 e. The first kappa shape index (κ1) is 17.2. The Labute approximate surface area is 146 Å². The molecule has 2 aromatic carbocycles. The number of benzene rings is 2. The number of hydrogen-bond donors (Lipinski definition) is 2. The Hall–Kier alpha value is -2.61. The highest BCUT2D eigenvalue weighted by molar-refractivity contribution is 7.93. The summed E-state index contributed by atoms with van der Waals surface area (Å²) in [4.78, 5) is 24.1. The molecule has 2 aromatic rings. The second kappa shape index (κ2) is 6.36. The molecule has 25 heavy (non-hydrogen) atoms. The number of hydrogen-bond acceptors (Lipinski definition) is 4. The van der Waals surface area contributed by atoms with Crippen molar-refractivity contribution in [2.24, 2.45) is 0 Å². The first-order chi connectivity index (χ1) is 11.8. The number of rotatable bonds is 4. The van der Waals surface area contributed by atoms with Gasteiger partial charge in [-0.1, -0.05) is 31.2 Å². The lowest BCUT2D eigenvalue weighted by molar-refractivity contribution is -0.118. The van der Waals surface area contributed by atoms with Crippen molar-refractivity contribution in [2.75, 3.05) is 10.8 Å². The average Bonchev–Trinajstić information content (AvgIpc) is 2.78. The molecule has 0 saturated carbocycles. The molecule has 0 radical (unpaired) electrons. The molecule has 1 aliphatic heterocycles. The zero-order chi connectivity index (χ0) is 18.2. The molecule has 0 unspecified atom stereocenters. The fourth-order valence-electron chi connectivity index (χ4n) is 2.79. The monoisotopic (exact) mass is 361 g/mol. The van der Waals surface area contributed by atoms with E-state index in [0.29, 0.717) is 11.1 Å². The van der Waals surface area contributed by atoms with E-state index in [0.717, 1.165) is 16.1 Å². The van der Waals surface area contributed by atoms with E-state index in [-0.39, 0.29) is 10.9 Å². The van der Waals surface area contributed by atoms with Gasteiger partial charge < -0.3 is 5.32 Å². The van der Waals surface area contributed by atoms with E-state index in [2.05, 4.69) is 10.6 Å². The molecule has 3 amide bonds. The van der Waals surface area contributed by atoms with Gasteiger partial charge in [-0.05, 0) is 30.9 Å². The number of carbonyl (C=O) groups is 2. The smallest absolute Gasteiger partial charge is 0.321 e. The van der Waals surface area contributed by atoms with Crippen molar-refractivity contribution in [2.45, 2.75) is 31.2 Å². The quantitative estimate of drug-likeness (QED) is 0.870. The molecule has 3 rings (SSSR count). The number of carbonyl (C=O) groups excluding carboxylic acids is 2. The summed E-state index contributed by atoms with van der Waals surface area (Å²) in [5.41, 5.74) is 0.450. The number of imide groups is 1. The number of nitrogens with one attached hydrogen (secondary N) is 2. The van der Waals surface area contributed by atoms with Gasteiger partial charge in [-0.2, -0.15) is 0 Å². The molecular formula is C17H19N3O4S. The summed E-state index contributed by atoms with van der Waals surface area (Å²) >= 11 is 0. The minimum Gasteiger partial charge on any atom is -0.335 e. The fourth-order valence-corrected chi connectivity index (χ4v) is 4.45. The predicted octanol–water partition coefficient (Wildman–Crippen LogP) is 1.97. The van der Waals surface area contributed by atoms with Crippen molar-refractivity contribution in [1.82, 2.24) is 10.6 Å². The van der Waals surface area contributed by atoms with Gasteiger partial charge in [0, 0.05) is 11.4 Å². The molecule has 7 nitrogen and oxygen atoms in total. The molecule has 0 aliphatic carbocycles. The van der Waals surface area contributed by atoms with E-state index in [1.165, 1.54) is 6.07 Å². The molecule has 2 N–H and O–H groups in total. The van der Waals surface area contributed by atoms with Gasteiger partial charge in [0.05, 0.1) is 10.6 Å². The minimum atomic E-state index is -3.82. The number of sulfonamides is 1. The molecule has 0 fully saturated rings. The zero-order valence-corrected chi connectivity index (χ0v) is 14.8. The zero-order valence-electron chi connectivity index (χ0n) is 13.9. The van der Waals surface area contributed by atoms with Crippen LogP contribution in [0.15, 0.2) is 41.3 Å². The van der Waals surface area contributed by atoms with Crippen molar-refractivity contribution in [3.05, 3.63) is 36.4 Å². The van der Waals surface area contributed by atoms with Crippen LogP contribution >= 0.6 is 0 Å². The Morgan fingerprint density at radius 3 is 2.52 bits per heavy atom. The number of anilines is 1. The molecular weight excluding hydrogens is 342 g/mol. The van der Waals surface area contributed by atoms with Crippen LogP contribution in [0.1, 0.15) is 20.3 Å². The third kappa shape index (κ3) is 3.05. The van der Waals surface area contributed by atoms with Crippen molar-refractivity contribution in [1.29, 1.82) is 0 Å². The molecule has 0 bridgehead atoms. The van der Waals surface area contributed by atoms with Crippen LogP contribution < -0.4 is 14.9 Å². The summed E-state index contributed by atoms with van der Waals surface area (Å²) in [5, 5.41) is 6.16. The van der Waals surface area contributed by atoms with Gasteiger partial charge in [-0.3, -0.25) is 14.4 Å². The van der Waals surface area contributed by atoms with Gasteiger partial charge in [0.15, 0.2) is 0 Å². The Morgan fingerprint density at radius 1 is 1.16 bits per heavy atom. The molecule has 0 saturated heterocycles. The molecule has 0 aromatic heterocycles. The lowest BCUT2D eigenvalue weighted by Crippen LogP contribution is -2.47. The first-order valence-electron chi connectivity index (χ1n) is 7.99. The molecule has 0 spiro atoms. The molecule has 1 atom stereocenters. The van der Waals surface area contributed by atoms with Crippen LogP contribution in [0.5, 0.6) is 0 Å². The molecule has 132 valence electrons. The number of amides is 3. The second-order valence-corrected chi connectivity index (χ2v) is 7.80. The van der Waals surface area contributed by atoms with E-state index in [9.17, 15) is 18.0 Å². The summed E-state index contributed by atoms with van der Waals surface area (Å²) in [7, 11) is -3.82. The highest BCUT2D eigenvalue weighted by atomic mass is 32.2. The van der Waals surface area contributed by atoms with E-state index in [1.807, 2.05) is 26.0 Å². The summed E-state index contributed by atoms with van der Waals surface area (Å²) in [6.07, 6.45) is 0.722. The van der Waals surface area contributed by atoms with Crippen molar-refractivity contribution >= 4 is 38.4 Å². The molecule has 1 aliphatic rings. The average molecular weight is 361 g/mol. The van der Waals surface area contributed by atoms with E-state index >= 15 is 0 Å². The maximum atomic E-state index is 12.8. The van der Waals surface area contributed by atoms with Crippen LogP contribution in [-0.4, -0.2) is 32.9 Å². The lowest BCUT2D eigenvalue weighted by atomic mass is 10.1. The van der Waals surface area contributed by atoms with Gasteiger partial charge >= 0.3 is 6.03 Å². The highest BCUT2D eigenvalue weighted by Crippen LogP contribution is 2.41. The third-order valence-corrected chi connectivity index (χ3v) is 6.01.